The number of Topliss-reactive ketones (excluding diaryl/α,β-unsaturated/α-hetero) is 1. The highest BCUT2D eigenvalue weighted by atomic mass is 16.7. The van der Waals surface area contributed by atoms with Gasteiger partial charge in [-0.1, -0.05) is 12.1 Å². The number of hydrogen-bond acceptors (Lipinski definition) is 5. The minimum atomic E-state index is -0.599. The maximum absolute atomic E-state index is 13.3. The fraction of sp³-hybridized carbons (Fsp3) is 0.227. The van der Waals surface area contributed by atoms with Gasteiger partial charge in [-0.3, -0.25) is 9.59 Å². The number of nitrogens with one attached hydrogen (secondary N) is 1. The largest absolute Gasteiger partial charge is 0.454 e. The van der Waals surface area contributed by atoms with E-state index in [0.29, 0.717) is 22.9 Å². The number of nitrogens with zero attached hydrogens (tertiary/aromatic N) is 2. The molecule has 0 radical (unpaired) electrons. The number of carbonyl (C=O) groups is 2. The second kappa shape index (κ2) is 6.48. The molecule has 1 N–H and O–H groups in total. The van der Waals surface area contributed by atoms with Gasteiger partial charge in [-0.2, -0.15) is 5.10 Å². The molecule has 3 heterocycles. The summed E-state index contributed by atoms with van der Waals surface area (Å²) in [6, 6.07) is 13.0. The van der Waals surface area contributed by atoms with E-state index in [9.17, 15) is 9.59 Å². The van der Waals surface area contributed by atoms with Crippen molar-refractivity contribution < 1.29 is 19.1 Å². The minimum absolute atomic E-state index is 0.0840. The SMILES string of the molecule is Cc1cccc(-n2nc(C)c3c2NC(=O)CC3C(=O)c2ccc3c(c2)OCO3)c1. The predicted molar refractivity (Wildman–Crippen MR) is 106 cm³/mol. The number of rotatable bonds is 3. The summed E-state index contributed by atoms with van der Waals surface area (Å²) in [4.78, 5) is 25.8. The third-order valence-electron chi connectivity index (χ3n) is 5.32. The van der Waals surface area contributed by atoms with Crippen molar-refractivity contribution >= 4 is 17.5 Å². The Balaban J connectivity index is 1.59. The van der Waals surface area contributed by atoms with Crippen molar-refractivity contribution in [3.63, 3.8) is 0 Å². The van der Waals surface area contributed by atoms with E-state index in [4.69, 9.17) is 9.47 Å². The van der Waals surface area contributed by atoms with E-state index in [0.717, 1.165) is 22.5 Å². The minimum Gasteiger partial charge on any atom is -0.454 e. The third-order valence-corrected chi connectivity index (χ3v) is 5.32. The zero-order valence-corrected chi connectivity index (χ0v) is 16.1. The van der Waals surface area contributed by atoms with Gasteiger partial charge in [-0.25, -0.2) is 4.68 Å². The van der Waals surface area contributed by atoms with Gasteiger partial charge in [0.2, 0.25) is 12.7 Å². The summed E-state index contributed by atoms with van der Waals surface area (Å²) in [6.45, 7) is 4.00. The van der Waals surface area contributed by atoms with Crippen molar-refractivity contribution in [3.8, 4) is 17.2 Å². The number of benzene rings is 2. The molecular weight excluding hydrogens is 370 g/mol. The number of aryl methyl sites for hydroxylation is 2. The number of fused-ring (bicyclic) bond motifs is 2. The summed E-state index contributed by atoms with van der Waals surface area (Å²) in [7, 11) is 0. The molecule has 2 aliphatic rings. The first-order valence-corrected chi connectivity index (χ1v) is 9.41. The van der Waals surface area contributed by atoms with Crippen molar-refractivity contribution in [2.45, 2.75) is 26.2 Å². The van der Waals surface area contributed by atoms with Crippen LogP contribution in [0.1, 0.15) is 39.5 Å². The van der Waals surface area contributed by atoms with Crippen LogP contribution in [0.15, 0.2) is 42.5 Å². The molecule has 2 aromatic carbocycles. The summed E-state index contributed by atoms with van der Waals surface area (Å²) >= 11 is 0. The van der Waals surface area contributed by atoms with E-state index in [2.05, 4.69) is 10.4 Å². The molecular formula is C22H19N3O4. The maximum atomic E-state index is 13.3. The van der Waals surface area contributed by atoms with Gasteiger partial charge in [-0.15, -0.1) is 0 Å². The van der Waals surface area contributed by atoms with Crippen LogP contribution in [0.5, 0.6) is 11.5 Å². The van der Waals surface area contributed by atoms with E-state index in [1.54, 1.807) is 22.9 Å². The van der Waals surface area contributed by atoms with Gasteiger partial charge in [-0.05, 0) is 49.7 Å². The summed E-state index contributed by atoms with van der Waals surface area (Å²) in [5, 5.41) is 7.54. The Bertz CT molecular complexity index is 1160. The first kappa shape index (κ1) is 17.5. The first-order valence-electron chi connectivity index (χ1n) is 9.41. The number of aromatic nitrogens is 2. The fourth-order valence-corrected chi connectivity index (χ4v) is 3.97. The molecule has 1 atom stereocenters. The lowest BCUT2D eigenvalue weighted by molar-refractivity contribution is -0.116. The molecule has 1 amide bonds. The molecule has 146 valence electrons. The normalized spacial score (nSPS) is 17.0. The molecule has 0 bridgehead atoms. The second-order valence-corrected chi connectivity index (χ2v) is 7.34. The molecule has 1 unspecified atom stereocenters. The Hall–Kier alpha value is -3.61. The zero-order valence-electron chi connectivity index (χ0n) is 16.1. The van der Waals surface area contributed by atoms with E-state index in [1.807, 2.05) is 38.1 Å². The van der Waals surface area contributed by atoms with Crippen LogP contribution < -0.4 is 14.8 Å². The van der Waals surface area contributed by atoms with Gasteiger partial charge in [0.25, 0.3) is 0 Å². The van der Waals surface area contributed by atoms with Crippen LogP contribution in [0.4, 0.5) is 5.82 Å². The van der Waals surface area contributed by atoms with Gasteiger partial charge in [0.15, 0.2) is 17.3 Å². The molecule has 0 fully saturated rings. The lowest BCUT2D eigenvalue weighted by Crippen LogP contribution is -2.28. The average molecular weight is 389 g/mol. The Morgan fingerprint density at radius 1 is 1.14 bits per heavy atom. The van der Waals surface area contributed by atoms with Crippen LogP contribution in [0.2, 0.25) is 0 Å². The molecule has 0 saturated heterocycles. The lowest BCUT2D eigenvalue weighted by atomic mass is 9.85. The molecule has 0 aliphatic carbocycles. The quantitative estimate of drug-likeness (QED) is 0.693. The van der Waals surface area contributed by atoms with Crippen LogP contribution in [-0.4, -0.2) is 28.3 Å². The molecule has 0 saturated carbocycles. The monoisotopic (exact) mass is 389 g/mol. The maximum Gasteiger partial charge on any atom is 0.231 e. The van der Waals surface area contributed by atoms with Crippen LogP contribution >= 0.6 is 0 Å². The number of anilines is 1. The van der Waals surface area contributed by atoms with E-state index in [-0.39, 0.29) is 24.9 Å². The number of amides is 1. The van der Waals surface area contributed by atoms with E-state index < -0.39 is 5.92 Å². The molecule has 7 heteroatoms. The number of carbonyl (C=O) groups excluding carboxylic acids is 2. The van der Waals surface area contributed by atoms with Crippen molar-refractivity contribution in [3.05, 3.63) is 64.8 Å². The highest BCUT2D eigenvalue weighted by Crippen LogP contribution is 2.40. The smallest absolute Gasteiger partial charge is 0.231 e. The molecule has 5 rings (SSSR count). The van der Waals surface area contributed by atoms with Crippen molar-refractivity contribution in [2.75, 3.05) is 12.1 Å². The molecule has 7 nitrogen and oxygen atoms in total. The average Bonchev–Trinajstić information content (AvgIpc) is 3.30. The highest BCUT2D eigenvalue weighted by Gasteiger charge is 2.36. The van der Waals surface area contributed by atoms with Gasteiger partial charge >= 0.3 is 0 Å². The summed E-state index contributed by atoms with van der Waals surface area (Å²) in [5.74, 6) is 0.786. The van der Waals surface area contributed by atoms with E-state index >= 15 is 0 Å². The van der Waals surface area contributed by atoms with Gasteiger partial charge in [0.1, 0.15) is 5.82 Å². The number of ketones is 1. The molecule has 3 aromatic rings. The Morgan fingerprint density at radius 2 is 1.97 bits per heavy atom. The third kappa shape index (κ3) is 2.86. The van der Waals surface area contributed by atoms with Crippen LogP contribution in [0, 0.1) is 13.8 Å². The van der Waals surface area contributed by atoms with E-state index in [1.165, 1.54) is 0 Å². The van der Waals surface area contributed by atoms with Crippen molar-refractivity contribution in [1.82, 2.24) is 9.78 Å². The van der Waals surface area contributed by atoms with Crippen molar-refractivity contribution in [1.29, 1.82) is 0 Å². The molecule has 1 aromatic heterocycles. The second-order valence-electron chi connectivity index (χ2n) is 7.34. The molecule has 29 heavy (non-hydrogen) atoms. The van der Waals surface area contributed by atoms with Gasteiger partial charge in [0.05, 0.1) is 17.3 Å². The topological polar surface area (TPSA) is 82.5 Å². The number of ether oxygens (including phenoxy) is 2. The summed E-state index contributed by atoms with van der Waals surface area (Å²) in [6.07, 6.45) is 0.0840. The zero-order chi connectivity index (χ0) is 20.1. The first-order chi connectivity index (χ1) is 14.0. The van der Waals surface area contributed by atoms with Crippen LogP contribution in [0.25, 0.3) is 5.69 Å². The molecule has 0 spiro atoms. The predicted octanol–water partition coefficient (Wildman–Crippen LogP) is 3.53. The van der Waals surface area contributed by atoms with Gasteiger partial charge < -0.3 is 14.8 Å². The van der Waals surface area contributed by atoms with Crippen LogP contribution in [0.3, 0.4) is 0 Å². The Kier molecular flexibility index (Phi) is 3.91. The Morgan fingerprint density at radius 3 is 2.79 bits per heavy atom. The summed E-state index contributed by atoms with van der Waals surface area (Å²) < 4.78 is 12.4. The number of hydrogen-bond donors (Lipinski definition) is 1. The Labute approximate surface area is 167 Å². The van der Waals surface area contributed by atoms with Crippen molar-refractivity contribution in [2.24, 2.45) is 0 Å². The standard InChI is InChI=1S/C22H19N3O4/c1-12-4-3-5-15(8-12)25-22-20(13(2)24-25)16(10-19(26)23-22)21(27)14-6-7-17-18(9-14)29-11-28-17/h3-9,16H,10-11H2,1-2H3,(H,23,26). The lowest BCUT2D eigenvalue weighted by Gasteiger charge is -2.23. The van der Waals surface area contributed by atoms with Crippen LogP contribution in [-0.2, 0) is 4.79 Å². The highest BCUT2D eigenvalue weighted by molar-refractivity contribution is 6.08. The van der Waals surface area contributed by atoms with Gasteiger partial charge in [0, 0.05) is 17.5 Å². The summed E-state index contributed by atoms with van der Waals surface area (Å²) in [5.41, 5.74) is 3.89. The molecule has 2 aliphatic heterocycles. The fourth-order valence-electron chi connectivity index (χ4n) is 3.97.